The summed E-state index contributed by atoms with van der Waals surface area (Å²) in [6, 6.07) is -0.164. The van der Waals surface area contributed by atoms with Crippen molar-refractivity contribution in [1.82, 2.24) is 9.88 Å². The van der Waals surface area contributed by atoms with Crippen LogP contribution in [0, 0.1) is 5.92 Å². The molecule has 0 saturated carbocycles. The van der Waals surface area contributed by atoms with Gasteiger partial charge in [0.05, 0.1) is 24.8 Å². The molecule has 0 spiro atoms. The molecule has 20 heavy (non-hydrogen) atoms. The average molecular weight is 298 g/mol. The van der Waals surface area contributed by atoms with E-state index in [0.717, 1.165) is 38.5 Å². The highest BCUT2D eigenvalue weighted by Gasteiger charge is 2.18. The summed E-state index contributed by atoms with van der Waals surface area (Å²) in [5.41, 5.74) is 6.71. The number of hydrogen-bond donors (Lipinski definition) is 2. The van der Waals surface area contributed by atoms with Crippen LogP contribution in [0.5, 0.6) is 0 Å². The molecule has 2 unspecified atom stereocenters. The summed E-state index contributed by atoms with van der Waals surface area (Å²) in [6.07, 6.45) is 0. The van der Waals surface area contributed by atoms with E-state index in [-0.39, 0.29) is 17.9 Å². The van der Waals surface area contributed by atoms with Gasteiger partial charge in [0.15, 0.2) is 5.13 Å². The third kappa shape index (κ3) is 4.24. The quantitative estimate of drug-likeness (QED) is 0.844. The first-order chi connectivity index (χ1) is 9.56. The predicted octanol–water partition coefficient (Wildman–Crippen LogP) is 0.897. The van der Waals surface area contributed by atoms with Gasteiger partial charge in [-0.15, -0.1) is 11.3 Å². The Morgan fingerprint density at radius 3 is 2.90 bits per heavy atom. The maximum Gasteiger partial charge on any atom is 0.230 e. The van der Waals surface area contributed by atoms with Gasteiger partial charge < -0.3 is 15.8 Å². The van der Waals surface area contributed by atoms with Gasteiger partial charge in [-0.25, -0.2) is 4.98 Å². The fourth-order valence-corrected chi connectivity index (χ4v) is 2.59. The maximum atomic E-state index is 11.9. The van der Waals surface area contributed by atoms with Crippen LogP contribution in [0.4, 0.5) is 5.13 Å². The Morgan fingerprint density at radius 2 is 2.25 bits per heavy atom. The summed E-state index contributed by atoms with van der Waals surface area (Å²) in [4.78, 5) is 18.7. The normalized spacial score (nSPS) is 19.6. The Bertz CT molecular complexity index is 443. The molecule has 0 aliphatic carbocycles. The largest absolute Gasteiger partial charge is 0.379 e. The maximum absolute atomic E-state index is 11.9. The zero-order valence-corrected chi connectivity index (χ0v) is 12.8. The lowest BCUT2D eigenvalue weighted by Crippen LogP contribution is -2.35. The van der Waals surface area contributed by atoms with Crippen LogP contribution >= 0.6 is 11.3 Å². The van der Waals surface area contributed by atoms with Crippen molar-refractivity contribution in [3.63, 3.8) is 0 Å². The minimum Gasteiger partial charge on any atom is -0.379 e. The van der Waals surface area contributed by atoms with E-state index in [4.69, 9.17) is 10.5 Å². The number of nitrogens with two attached hydrogens (primary N) is 1. The molecule has 0 bridgehead atoms. The van der Waals surface area contributed by atoms with Crippen molar-refractivity contribution in [2.45, 2.75) is 26.4 Å². The molecular formula is C13H22N4O2S. The van der Waals surface area contributed by atoms with E-state index < -0.39 is 0 Å². The first-order valence-electron chi connectivity index (χ1n) is 6.87. The molecular weight excluding hydrogens is 276 g/mol. The predicted molar refractivity (Wildman–Crippen MR) is 79.7 cm³/mol. The van der Waals surface area contributed by atoms with Gasteiger partial charge in [-0.3, -0.25) is 9.69 Å². The molecule has 1 fully saturated rings. The summed E-state index contributed by atoms with van der Waals surface area (Å²) in [6.45, 7) is 7.87. The second-order valence-corrected chi connectivity index (χ2v) is 6.03. The van der Waals surface area contributed by atoms with Gasteiger partial charge in [0.2, 0.25) is 5.91 Å². The Labute approximate surface area is 123 Å². The first kappa shape index (κ1) is 15.4. The van der Waals surface area contributed by atoms with E-state index in [9.17, 15) is 4.79 Å². The van der Waals surface area contributed by atoms with Crippen molar-refractivity contribution in [1.29, 1.82) is 0 Å². The van der Waals surface area contributed by atoms with Crippen LogP contribution < -0.4 is 11.1 Å². The number of amides is 1. The van der Waals surface area contributed by atoms with E-state index in [1.807, 2.05) is 19.2 Å². The number of aromatic nitrogens is 1. The fraction of sp³-hybridized carbons (Fsp3) is 0.692. The molecule has 2 heterocycles. The van der Waals surface area contributed by atoms with Gasteiger partial charge in [0.25, 0.3) is 0 Å². The van der Waals surface area contributed by atoms with Crippen molar-refractivity contribution in [3.05, 3.63) is 11.1 Å². The lowest BCUT2D eigenvalue weighted by atomic mass is 10.0. The lowest BCUT2D eigenvalue weighted by Gasteiger charge is -2.25. The topological polar surface area (TPSA) is 80.5 Å². The first-order valence-corrected chi connectivity index (χ1v) is 7.75. The highest BCUT2D eigenvalue weighted by atomic mass is 32.1. The molecule has 0 radical (unpaired) electrons. The molecule has 112 valence electrons. The number of carbonyl (C=O) groups is 1. The molecule has 2 atom stereocenters. The van der Waals surface area contributed by atoms with Crippen LogP contribution in [0.25, 0.3) is 0 Å². The summed E-state index contributed by atoms with van der Waals surface area (Å²) < 4.78 is 5.32. The van der Waals surface area contributed by atoms with E-state index in [0.29, 0.717) is 5.13 Å². The van der Waals surface area contributed by atoms with Gasteiger partial charge in [-0.2, -0.15) is 0 Å². The number of nitrogens with one attached hydrogen (secondary N) is 1. The highest BCUT2D eigenvalue weighted by Crippen LogP contribution is 2.18. The molecule has 0 aromatic carbocycles. The molecule has 3 N–H and O–H groups in total. The Balaban J connectivity index is 1.87. The Morgan fingerprint density at radius 1 is 1.55 bits per heavy atom. The van der Waals surface area contributed by atoms with Crippen molar-refractivity contribution >= 4 is 22.4 Å². The van der Waals surface area contributed by atoms with Gasteiger partial charge in [-0.05, 0) is 6.92 Å². The van der Waals surface area contributed by atoms with Crippen molar-refractivity contribution in [2.75, 3.05) is 31.6 Å². The van der Waals surface area contributed by atoms with Gasteiger partial charge in [0, 0.05) is 31.1 Å². The molecule has 1 saturated heterocycles. The van der Waals surface area contributed by atoms with Crippen LogP contribution in [0.1, 0.15) is 19.5 Å². The van der Waals surface area contributed by atoms with Gasteiger partial charge in [0.1, 0.15) is 0 Å². The molecule has 1 aromatic rings. The average Bonchev–Trinajstić information content (AvgIpc) is 2.86. The third-order valence-electron chi connectivity index (χ3n) is 3.47. The minimum atomic E-state index is -0.221. The van der Waals surface area contributed by atoms with Gasteiger partial charge in [-0.1, -0.05) is 6.92 Å². The molecule has 1 amide bonds. The monoisotopic (exact) mass is 298 g/mol. The number of carbonyl (C=O) groups excluding carboxylic acids is 1. The fourth-order valence-electron chi connectivity index (χ4n) is 1.88. The zero-order chi connectivity index (χ0) is 14.5. The van der Waals surface area contributed by atoms with E-state index in [1.54, 1.807) is 0 Å². The van der Waals surface area contributed by atoms with Crippen molar-refractivity contribution in [3.8, 4) is 0 Å². The summed E-state index contributed by atoms with van der Waals surface area (Å²) in [5.74, 6) is -0.297. The molecule has 1 aliphatic rings. The van der Waals surface area contributed by atoms with Crippen molar-refractivity contribution in [2.24, 2.45) is 11.7 Å². The Hall–Kier alpha value is -1.02. The molecule has 2 rings (SSSR count). The van der Waals surface area contributed by atoms with Crippen molar-refractivity contribution < 1.29 is 9.53 Å². The van der Waals surface area contributed by atoms with E-state index in [1.165, 1.54) is 11.3 Å². The van der Waals surface area contributed by atoms with Crippen LogP contribution in [0.15, 0.2) is 5.38 Å². The number of morpholine rings is 1. The second-order valence-electron chi connectivity index (χ2n) is 5.17. The van der Waals surface area contributed by atoms with Crippen LogP contribution in [-0.4, -0.2) is 48.1 Å². The number of thiazole rings is 1. The third-order valence-corrected chi connectivity index (χ3v) is 4.28. The number of anilines is 1. The highest BCUT2D eigenvalue weighted by molar-refractivity contribution is 7.13. The van der Waals surface area contributed by atoms with Crippen LogP contribution in [0.3, 0.4) is 0 Å². The van der Waals surface area contributed by atoms with E-state index in [2.05, 4.69) is 15.2 Å². The van der Waals surface area contributed by atoms with E-state index >= 15 is 0 Å². The molecule has 6 nitrogen and oxygen atoms in total. The number of nitrogens with zero attached hydrogens (tertiary/aromatic N) is 2. The molecule has 1 aromatic heterocycles. The summed E-state index contributed by atoms with van der Waals surface area (Å²) >= 11 is 1.45. The standard InChI is InChI=1S/C13H22N4O2S/c1-9(10(2)14)12(18)16-13-15-11(8-20-13)7-17-3-5-19-6-4-17/h8-10H,3-7,14H2,1-2H3,(H,15,16,18). The lowest BCUT2D eigenvalue weighted by molar-refractivity contribution is -0.119. The second kappa shape index (κ2) is 7.12. The SMILES string of the molecule is CC(N)C(C)C(=O)Nc1nc(CN2CCOCC2)cs1. The zero-order valence-electron chi connectivity index (χ0n) is 12.0. The minimum absolute atomic E-state index is 0.0766. The van der Waals surface area contributed by atoms with Crippen LogP contribution in [-0.2, 0) is 16.1 Å². The summed E-state index contributed by atoms with van der Waals surface area (Å²) in [5, 5.41) is 5.46. The number of rotatable bonds is 5. The smallest absolute Gasteiger partial charge is 0.230 e. The number of hydrogen-bond acceptors (Lipinski definition) is 6. The van der Waals surface area contributed by atoms with Crippen LogP contribution in [0.2, 0.25) is 0 Å². The summed E-state index contributed by atoms with van der Waals surface area (Å²) in [7, 11) is 0. The van der Waals surface area contributed by atoms with Gasteiger partial charge >= 0.3 is 0 Å². The molecule has 1 aliphatic heterocycles. The molecule has 7 heteroatoms. The Kier molecular flexibility index (Phi) is 5.47. The number of ether oxygens (including phenoxy) is 1.